The molecule has 1 heterocycles. The smallest absolute Gasteiger partial charge is 0.251 e. The van der Waals surface area contributed by atoms with E-state index < -0.39 is 9.84 Å². The number of aryl methyl sites for hydroxylation is 1. The Labute approximate surface area is 171 Å². The Hall–Kier alpha value is -3.12. The first-order valence-corrected chi connectivity index (χ1v) is 11.2. The van der Waals surface area contributed by atoms with Crippen molar-refractivity contribution < 1.29 is 13.2 Å². The number of rotatable bonds is 4. The summed E-state index contributed by atoms with van der Waals surface area (Å²) in [6, 6.07) is 22.6. The number of carbonyl (C=O) groups is 1. The molecule has 1 aliphatic rings. The van der Waals surface area contributed by atoms with Gasteiger partial charge in [-0.1, -0.05) is 36.4 Å². The molecule has 148 valence electrons. The van der Waals surface area contributed by atoms with E-state index in [4.69, 9.17) is 0 Å². The number of para-hydroxylation sites is 2. The van der Waals surface area contributed by atoms with Gasteiger partial charge in [0, 0.05) is 18.5 Å². The summed E-state index contributed by atoms with van der Waals surface area (Å²) < 4.78 is 23.3. The summed E-state index contributed by atoms with van der Waals surface area (Å²) in [4.78, 5) is 17.2. The van der Waals surface area contributed by atoms with Crippen LogP contribution in [0.1, 0.15) is 11.1 Å². The second-order valence-corrected chi connectivity index (χ2v) is 9.34. The van der Waals surface area contributed by atoms with Gasteiger partial charge in [0.1, 0.15) is 0 Å². The zero-order valence-electron chi connectivity index (χ0n) is 16.4. The highest BCUT2D eigenvalue weighted by atomic mass is 32.2. The molecule has 3 aromatic rings. The van der Waals surface area contributed by atoms with Gasteiger partial charge in [-0.2, -0.15) is 0 Å². The van der Waals surface area contributed by atoms with Crippen LogP contribution >= 0.6 is 0 Å². The van der Waals surface area contributed by atoms with Gasteiger partial charge in [-0.25, -0.2) is 8.42 Å². The monoisotopic (exact) mass is 406 g/mol. The highest BCUT2D eigenvalue weighted by Crippen LogP contribution is 2.38. The minimum absolute atomic E-state index is 0.00190. The number of amides is 1. The molecular weight excluding hydrogens is 384 g/mol. The van der Waals surface area contributed by atoms with E-state index in [2.05, 4.69) is 0 Å². The van der Waals surface area contributed by atoms with E-state index >= 15 is 0 Å². The van der Waals surface area contributed by atoms with E-state index in [1.165, 1.54) is 6.26 Å². The fraction of sp³-hybridized carbons (Fsp3) is 0.174. The van der Waals surface area contributed by atoms with Crippen LogP contribution in [-0.4, -0.2) is 27.1 Å². The molecule has 0 bridgehead atoms. The number of nitrogens with zero attached hydrogens (tertiary/aromatic N) is 2. The molecule has 0 aromatic heterocycles. The summed E-state index contributed by atoms with van der Waals surface area (Å²) in [7, 11) is -3.23. The van der Waals surface area contributed by atoms with Crippen molar-refractivity contribution in [1.82, 2.24) is 0 Å². The van der Waals surface area contributed by atoms with Crippen LogP contribution in [0.15, 0.2) is 77.7 Å². The maximum atomic E-state index is 13.1. The summed E-state index contributed by atoms with van der Waals surface area (Å²) >= 11 is 0. The molecule has 3 aromatic carbocycles. The molecule has 0 saturated carbocycles. The van der Waals surface area contributed by atoms with Crippen molar-refractivity contribution in [2.45, 2.75) is 18.4 Å². The van der Waals surface area contributed by atoms with E-state index in [9.17, 15) is 13.2 Å². The Bertz CT molecular complexity index is 1170. The number of carbonyl (C=O) groups excluding carboxylic acids is 1. The average molecular weight is 407 g/mol. The van der Waals surface area contributed by atoms with Gasteiger partial charge in [0.25, 0.3) is 5.91 Å². The van der Waals surface area contributed by atoms with Gasteiger partial charge in [-0.05, 0) is 54.4 Å². The first-order chi connectivity index (χ1) is 13.8. The minimum Gasteiger partial charge on any atom is -0.356 e. The van der Waals surface area contributed by atoms with Gasteiger partial charge in [0.2, 0.25) is 0 Å². The molecule has 4 rings (SSSR count). The lowest BCUT2D eigenvalue weighted by atomic mass is 10.1. The van der Waals surface area contributed by atoms with E-state index in [0.717, 1.165) is 28.2 Å². The molecule has 0 radical (unpaired) electrons. The summed E-state index contributed by atoms with van der Waals surface area (Å²) in [5.41, 5.74) is 4.73. The molecule has 5 nitrogen and oxygen atoms in total. The van der Waals surface area contributed by atoms with Crippen LogP contribution in [0, 0.1) is 6.92 Å². The van der Waals surface area contributed by atoms with Crippen LogP contribution in [0.2, 0.25) is 0 Å². The van der Waals surface area contributed by atoms with Crippen molar-refractivity contribution in [3.63, 3.8) is 0 Å². The fourth-order valence-corrected chi connectivity index (χ4v) is 4.26. The summed E-state index contributed by atoms with van der Waals surface area (Å²) in [5.74, 6) is 0.00190. The second kappa shape index (κ2) is 7.37. The lowest BCUT2D eigenvalue weighted by Gasteiger charge is -2.37. The van der Waals surface area contributed by atoms with Gasteiger partial charge in [-0.3, -0.25) is 9.69 Å². The molecule has 0 aliphatic carbocycles. The lowest BCUT2D eigenvalue weighted by Crippen LogP contribution is -2.43. The summed E-state index contributed by atoms with van der Waals surface area (Å²) in [5, 5.41) is 0. The van der Waals surface area contributed by atoms with Gasteiger partial charge in [-0.15, -0.1) is 0 Å². The van der Waals surface area contributed by atoms with Crippen LogP contribution in [0.5, 0.6) is 0 Å². The molecule has 1 aliphatic heterocycles. The van der Waals surface area contributed by atoms with Crippen molar-refractivity contribution in [1.29, 1.82) is 0 Å². The third-order valence-electron chi connectivity index (χ3n) is 5.02. The SMILES string of the molecule is Cc1cccc(N2C(=O)CN(Cc3ccc(S(C)(=O)=O)cc3)c3ccccc32)c1. The van der Waals surface area contributed by atoms with E-state index in [-0.39, 0.29) is 12.5 Å². The molecule has 6 heteroatoms. The number of sulfone groups is 1. The zero-order valence-corrected chi connectivity index (χ0v) is 17.2. The Kier molecular flexibility index (Phi) is 4.88. The molecular formula is C23H22N2O3S. The third kappa shape index (κ3) is 3.89. The first-order valence-electron chi connectivity index (χ1n) is 9.35. The maximum absolute atomic E-state index is 13.1. The van der Waals surface area contributed by atoms with Crippen LogP contribution in [0.4, 0.5) is 17.1 Å². The van der Waals surface area contributed by atoms with Gasteiger partial charge >= 0.3 is 0 Å². The highest BCUT2D eigenvalue weighted by Gasteiger charge is 2.30. The van der Waals surface area contributed by atoms with Crippen molar-refractivity contribution in [2.24, 2.45) is 0 Å². The Morgan fingerprint density at radius 3 is 2.24 bits per heavy atom. The van der Waals surface area contributed by atoms with E-state index in [1.54, 1.807) is 29.2 Å². The maximum Gasteiger partial charge on any atom is 0.251 e. The Morgan fingerprint density at radius 2 is 1.59 bits per heavy atom. The first kappa shape index (κ1) is 19.2. The molecule has 29 heavy (non-hydrogen) atoms. The van der Waals surface area contributed by atoms with E-state index in [1.807, 2.05) is 60.4 Å². The topological polar surface area (TPSA) is 57.7 Å². The zero-order chi connectivity index (χ0) is 20.6. The van der Waals surface area contributed by atoms with E-state index in [0.29, 0.717) is 11.4 Å². The van der Waals surface area contributed by atoms with Crippen molar-refractivity contribution in [3.05, 3.63) is 83.9 Å². The third-order valence-corrected chi connectivity index (χ3v) is 6.15. The normalized spacial score (nSPS) is 14.1. The predicted octanol–water partition coefficient (Wildman–Crippen LogP) is 4.08. The summed E-state index contributed by atoms with van der Waals surface area (Å²) in [6.07, 6.45) is 1.20. The number of hydrogen-bond acceptors (Lipinski definition) is 4. The number of fused-ring (bicyclic) bond motifs is 1. The van der Waals surface area contributed by atoms with Gasteiger partial charge in [0.05, 0.1) is 22.8 Å². The fourth-order valence-electron chi connectivity index (χ4n) is 3.63. The van der Waals surface area contributed by atoms with Crippen LogP contribution in [0.3, 0.4) is 0 Å². The molecule has 1 amide bonds. The Morgan fingerprint density at radius 1 is 0.897 bits per heavy atom. The number of hydrogen-bond donors (Lipinski definition) is 0. The van der Waals surface area contributed by atoms with Crippen molar-refractivity contribution in [3.8, 4) is 0 Å². The largest absolute Gasteiger partial charge is 0.356 e. The summed E-state index contributed by atoms with van der Waals surface area (Å²) in [6.45, 7) is 2.78. The molecule has 0 atom stereocenters. The van der Waals surface area contributed by atoms with Crippen LogP contribution in [0.25, 0.3) is 0 Å². The van der Waals surface area contributed by atoms with Gasteiger partial charge < -0.3 is 4.90 Å². The highest BCUT2D eigenvalue weighted by molar-refractivity contribution is 7.90. The van der Waals surface area contributed by atoms with Crippen molar-refractivity contribution in [2.75, 3.05) is 22.6 Å². The van der Waals surface area contributed by atoms with Crippen LogP contribution in [-0.2, 0) is 21.2 Å². The quantitative estimate of drug-likeness (QED) is 0.655. The second-order valence-electron chi connectivity index (χ2n) is 7.33. The molecule has 0 N–H and O–H groups in total. The predicted molar refractivity (Wildman–Crippen MR) is 115 cm³/mol. The lowest BCUT2D eigenvalue weighted by molar-refractivity contribution is -0.116. The van der Waals surface area contributed by atoms with Gasteiger partial charge in [0.15, 0.2) is 9.84 Å². The molecule has 0 saturated heterocycles. The Balaban J connectivity index is 1.67. The number of benzene rings is 3. The molecule has 0 fully saturated rings. The van der Waals surface area contributed by atoms with Crippen LogP contribution < -0.4 is 9.80 Å². The standard InChI is InChI=1S/C23H22N2O3S/c1-17-6-5-7-19(14-17)25-22-9-4-3-8-21(22)24(16-23(25)26)15-18-10-12-20(13-11-18)29(2,27)28/h3-14H,15-16H2,1-2H3. The molecule has 0 unspecified atom stereocenters. The molecule has 0 spiro atoms. The number of anilines is 3. The minimum atomic E-state index is -3.23. The average Bonchev–Trinajstić information content (AvgIpc) is 2.68. The van der Waals surface area contributed by atoms with Crippen molar-refractivity contribution >= 4 is 32.8 Å².